The number of nitrogens with zero attached hydrogens (tertiary/aromatic N) is 1. The molecule has 0 fully saturated rings. The Morgan fingerprint density at radius 2 is 1.92 bits per heavy atom. The van der Waals surface area contributed by atoms with E-state index >= 15 is 0 Å². The standard InChI is InChI=1S/C20H18ClN3O2/c1-13-6-7-15(21)9-19(13)23-17-8-14(11-22-12-17)20(25)24-16-4-3-5-18(10-16)26-2/h3-12,23H,1-2H3,(H,24,25). The molecule has 5 nitrogen and oxygen atoms in total. The van der Waals surface area contributed by atoms with Crippen molar-refractivity contribution in [3.05, 3.63) is 77.1 Å². The van der Waals surface area contributed by atoms with Gasteiger partial charge in [-0.15, -0.1) is 0 Å². The number of ether oxygens (including phenoxy) is 1. The Morgan fingerprint density at radius 3 is 2.73 bits per heavy atom. The number of nitrogens with one attached hydrogen (secondary N) is 2. The Labute approximate surface area is 157 Å². The molecule has 26 heavy (non-hydrogen) atoms. The minimum Gasteiger partial charge on any atom is -0.497 e. The third-order valence-electron chi connectivity index (χ3n) is 3.81. The van der Waals surface area contributed by atoms with Crippen LogP contribution in [0.1, 0.15) is 15.9 Å². The molecule has 0 unspecified atom stereocenters. The zero-order valence-corrected chi connectivity index (χ0v) is 15.2. The summed E-state index contributed by atoms with van der Waals surface area (Å²) in [5.41, 5.74) is 3.70. The van der Waals surface area contributed by atoms with Crippen LogP contribution in [0.4, 0.5) is 17.1 Å². The smallest absolute Gasteiger partial charge is 0.257 e. The minimum atomic E-state index is -0.253. The van der Waals surface area contributed by atoms with Gasteiger partial charge in [0.2, 0.25) is 0 Å². The highest BCUT2D eigenvalue weighted by Crippen LogP contribution is 2.24. The van der Waals surface area contributed by atoms with E-state index in [0.717, 1.165) is 11.3 Å². The highest BCUT2D eigenvalue weighted by atomic mass is 35.5. The maximum atomic E-state index is 12.5. The average Bonchev–Trinajstić information content (AvgIpc) is 2.65. The van der Waals surface area contributed by atoms with Crippen molar-refractivity contribution >= 4 is 34.6 Å². The van der Waals surface area contributed by atoms with Crippen LogP contribution < -0.4 is 15.4 Å². The number of carbonyl (C=O) groups excluding carboxylic acids is 1. The molecule has 1 heterocycles. The van der Waals surface area contributed by atoms with Crippen LogP contribution in [0.2, 0.25) is 5.02 Å². The predicted molar refractivity (Wildman–Crippen MR) is 105 cm³/mol. The Bertz CT molecular complexity index is 944. The fourth-order valence-corrected chi connectivity index (χ4v) is 2.59. The van der Waals surface area contributed by atoms with Crippen molar-refractivity contribution < 1.29 is 9.53 Å². The number of benzene rings is 2. The van der Waals surface area contributed by atoms with Crippen LogP contribution in [0.25, 0.3) is 0 Å². The molecule has 3 rings (SSSR count). The van der Waals surface area contributed by atoms with Crippen molar-refractivity contribution in [3.63, 3.8) is 0 Å². The number of halogens is 1. The molecule has 0 spiro atoms. The minimum absolute atomic E-state index is 0.253. The van der Waals surface area contributed by atoms with Crippen molar-refractivity contribution in [3.8, 4) is 5.75 Å². The van der Waals surface area contributed by atoms with Gasteiger partial charge in [0.15, 0.2) is 0 Å². The van der Waals surface area contributed by atoms with Crippen LogP contribution in [0, 0.1) is 6.92 Å². The van der Waals surface area contributed by atoms with E-state index in [0.29, 0.717) is 27.7 Å². The molecule has 0 radical (unpaired) electrons. The molecule has 6 heteroatoms. The van der Waals surface area contributed by atoms with Crippen molar-refractivity contribution in [1.82, 2.24) is 4.98 Å². The fourth-order valence-electron chi connectivity index (χ4n) is 2.42. The second kappa shape index (κ2) is 7.89. The first kappa shape index (κ1) is 17.8. The van der Waals surface area contributed by atoms with Crippen LogP contribution in [0.3, 0.4) is 0 Å². The van der Waals surface area contributed by atoms with Gasteiger partial charge in [-0.1, -0.05) is 23.7 Å². The molecule has 0 aliphatic carbocycles. The van der Waals surface area contributed by atoms with Crippen LogP contribution in [-0.2, 0) is 0 Å². The van der Waals surface area contributed by atoms with Gasteiger partial charge < -0.3 is 15.4 Å². The van der Waals surface area contributed by atoms with E-state index in [4.69, 9.17) is 16.3 Å². The van der Waals surface area contributed by atoms with E-state index in [1.54, 1.807) is 31.5 Å². The topological polar surface area (TPSA) is 63.2 Å². The number of aryl methyl sites for hydroxylation is 1. The lowest BCUT2D eigenvalue weighted by Gasteiger charge is -2.11. The SMILES string of the molecule is COc1cccc(NC(=O)c2cncc(Nc3cc(Cl)ccc3C)c2)c1. The summed E-state index contributed by atoms with van der Waals surface area (Å²) in [6, 6.07) is 14.5. The number of methoxy groups -OCH3 is 1. The maximum absolute atomic E-state index is 12.5. The molecule has 3 aromatic rings. The summed E-state index contributed by atoms with van der Waals surface area (Å²) in [5.74, 6) is 0.421. The summed E-state index contributed by atoms with van der Waals surface area (Å²) in [6.45, 7) is 1.98. The predicted octanol–water partition coefficient (Wildman–Crippen LogP) is 5.05. The molecule has 0 saturated carbocycles. The van der Waals surface area contributed by atoms with Crippen LogP contribution >= 0.6 is 11.6 Å². The lowest BCUT2D eigenvalue weighted by atomic mass is 10.2. The van der Waals surface area contributed by atoms with Crippen molar-refractivity contribution in [2.45, 2.75) is 6.92 Å². The van der Waals surface area contributed by atoms with E-state index in [1.807, 2.05) is 37.3 Å². The molecule has 0 saturated heterocycles. The Kier molecular flexibility index (Phi) is 5.39. The fraction of sp³-hybridized carbons (Fsp3) is 0.100. The maximum Gasteiger partial charge on any atom is 0.257 e. The summed E-state index contributed by atoms with van der Waals surface area (Å²) < 4.78 is 5.16. The number of hydrogen-bond donors (Lipinski definition) is 2. The second-order valence-electron chi connectivity index (χ2n) is 5.73. The highest BCUT2D eigenvalue weighted by Gasteiger charge is 2.09. The third-order valence-corrected chi connectivity index (χ3v) is 4.04. The first-order chi connectivity index (χ1) is 12.5. The Morgan fingerprint density at radius 1 is 1.08 bits per heavy atom. The number of hydrogen-bond acceptors (Lipinski definition) is 4. The molecular weight excluding hydrogens is 350 g/mol. The van der Waals surface area contributed by atoms with Gasteiger partial charge in [-0.2, -0.15) is 0 Å². The number of anilines is 3. The highest BCUT2D eigenvalue weighted by molar-refractivity contribution is 6.30. The van der Waals surface area contributed by atoms with Crippen molar-refractivity contribution in [1.29, 1.82) is 0 Å². The van der Waals surface area contributed by atoms with Gasteiger partial charge in [0.1, 0.15) is 5.75 Å². The van der Waals surface area contributed by atoms with Crippen LogP contribution in [0.5, 0.6) is 5.75 Å². The summed E-state index contributed by atoms with van der Waals surface area (Å²) in [4.78, 5) is 16.6. The number of carbonyl (C=O) groups is 1. The molecule has 0 aliphatic heterocycles. The van der Waals surface area contributed by atoms with E-state index < -0.39 is 0 Å². The largest absolute Gasteiger partial charge is 0.497 e. The van der Waals surface area contributed by atoms with Gasteiger partial charge in [-0.25, -0.2) is 0 Å². The van der Waals surface area contributed by atoms with E-state index in [9.17, 15) is 4.79 Å². The van der Waals surface area contributed by atoms with E-state index in [1.165, 1.54) is 6.20 Å². The summed E-state index contributed by atoms with van der Waals surface area (Å²) >= 11 is 6.05. The van der Waals surface area contributed by atoms with Crippen molar-refractivity contribution in [2.75, 3.05) is 17.7 Å². The number of aromatic nitrogens is 1. The van der Waals surface area contributed by atoms with E-state index in [-0.39, 0.29) is 5.91 Å². The van der Waals surface area contributed by atoms with Gasteiger partial charge in [0, 0.05) is 28.7 Å². The lowest BCUT2D eigenvalue weighted by Crippen LogP contribution is -2.12. The molecule has 2 aromatic carbocycles. The molecule has 2 N–H and O–H groups in total. The molecule has 132 valence electrons. The van der Waals surface area contributed by atoms with Gasteiger partial charge in [-0.05, 0) is 42.8 Å². The number of rotatable bonds is 5. The molecule has 0 atom stereocenters. The van der Waals surface area contributed by atoms with E-state index in [2.05, 4.69) is 15.6 Å². The zero-order valence-electron chi connectivity index (χ0n) is 14.4. The molecule has 1 amide bonds. The first-order valence-electron chi connectivity index (χ1n) is 7.99. The Balaban J connectivity index is 1.77. The number of amides is 1. The third kappa shape index (κ3) is 4.32. The number of pyridine rings is 1. The van der Waals surface area contributed by atoms with Crippen LogP contribution in [0.15, 0.2) is 60.9 Å². The molecular formula is C20H18ClN3O2. The van der Waals surface area contributed by atoms with Crippen LogP contribution in [-0.4, -0.2) is 18.0 Å². The quantitative estimate of drug-likeness (QED) is 0.662. The zero-order chi connectivity index (χ0) is 18.5. The summed E-state index contributed by atoms with van der Waals surface area (Å²) in [5, 5.41) is 6.72. The van der Waals surface area contributed by atoms with Gasteiger partial charge in [0.25, 0.3) is 5.91 Å². The lowest BCUT2D eigenvalue weighted by molar-refractivity contribution is 0.102. The van der Waals surface area contributed by atoms with Gasteiger partial charge in [-0.3, -0.25) is 9.78 Å². The van der Waals surface area contributed by atoms with Gasteiger partial charge in [0.05, 0.1) is 24.6 Å². The molecule has 0 bridgehead atoms. The molecule has 1 aromatic heterocycles. The normalized spacial score (nSPS) is 10.3. The van der Waals surface area contributed by atoms with Gasteiger partial charge >= 0.3 is 0 Å². The second-order valence-corrected chi connectivity index (χ2v) is 6.17. The summed E-state index contributed by atoms with van der Waals surface area (Å²) in [7, 11) is 1.58. The molecule has 0 aliphatic rings. The Hall–Kier alpha value is -3.05. The summed E-state index contributed by atoms with van der Waals surface area (Å²) in [6.07, 6.45) is 3.17. The monoisotopic (exact) mass is 367 g/mol. The first-order valence-corrected chi connectivity index (χ1v) is 8.36. The average molecular weight is 368 g/mol. The van der Waals surface area contributed by atoms with Crippen molar-refractivity contribution in [2.24, 2.45) is 0 Å².